The number of fused-ring (bicyclic) bond motifs is 1. The topological polar surface area (TPSA) is 29.9 Å². The fourth-order valence-corrected chi connectivity index (χ4v) is 2.47. The van der Waals surface area contributed by atoms with Gasteiger partial charge in [0.05, 0.1) is 17.4 Å². The second-order valence-electron chi connectivity index (χ2n) is 4.75. The summed E-state index contributed by atoms with van der Waals surface area (Å²) in [5, 5.41) is 3.41. The Morgan fingerprint density at radius 2 is 2.44 bits per heavy atom. The highest BCUT2D eigenvalue weighted by molar-refractivity contribution is 5.75. The smallest absolute Gasteiger partial charge is 0.0958 e. The molecule has 1 atom stereocenters. The Labute approximate surface area is 95.5 Å². The first kappa shape index (κ1) is 9.85. The molecule has 1 unspecified atom stereocenters. The first-order valence-electron chi connectivity index (χ1n) is 5.95. The molecule has 0 aliphatic carbocycles. The molecule has 3 rings (SSSR count). The molecule has 1 aromatic carbocycles. The number of nitrogens with one attached hydrogen (secondary N) is 1. The third-order valence-corrected chi connectivity index (χ3v) is 3.39. The highest BCUT2D eigenvalue weighted by atomic mass is 15.1. The van der Waals surface area contributed by atoms with Crippen molar-refractivity contribution in [1.82, 2.24) is 14.9 Å². The Balaban J connectivity index is 1.91. The van der Waals surface area contributed by atoms with Gasteiger partial charge in [-0.1, -0.05) is 6.07 Å². The maximum absolute atomic E-state index is 4.46. The minimum Gasteiger partial charge on any atom is -0.330 e. The normalized spacial score (nSPS) is 20.7. The zero-order valence-corrected chi connectivity index (χ0v) is 9.61. The van der Waals surface area contributed by atoms with E-state index in [1.807, 2.05) is 6.33 Å². The van der Waals surface area contributed by atoms with Gasteiger partial charge >= 0.3 is 0 Å². The summed E-state index contributed by atoms with van der Waals surface area (Å²) in [6.45, 7) is 5.51. The zero-order valence-electron chi connectivity index (χ0n) is 9.61. The average molecular weight is 215 g/mol. The van der Waals surface area contributed by atoms with Gasteiger partial charge in [0.15, 0.2) is 0 Å². The molecule has 0 saturated carbocycles. The van der Waals surface area contributed by atoms with Gasteiger partial charge in [-0.15, -0.1) is 0 Å². The Bertz CT molecular complexity index is 495. The minimum atomic E-state index is 0.763. The second-order valence-corrected chi connectivity index (χ2v) is 4.75. The number of aromatic nitrogens is 2. The van der Waals surface area contributed by atoms with E-state index in [1.165, 1.54) is 17.5 Å². The molecule has 1 fully saturated rings. The van der Waals surface area contributed by atoms with Crippen molar-refractivity contribution < 1.29 is 0 Å². The van der Waals surface area contributed by atoms with Crippen molar-refractivity contribution in [2.45, 2.75) is 19.9 Å². The Hall–Kier alpha value is -1.35. The summed E-state index contributed by atoms with van der Waals surface area (Å²) in [4.78, 5) is 4.46. The van der Waals surface area contributed by atoms with Crippen molar-refractivity contribution in [3.63, 3.8) is 0 Å². The Kier molecular flexibility index (Phi) is 2.40. The van der Waals surface area contributed by atoms with Gasteiger partial charge in [-0.2, -0.15) is 0 Å². The largest absolute Gasteiger partial charge is 0.330 e. The average Bonchev–Trinajstić information content (AvgIpc) is 2.89. The molecule has 16 heavy (non-hydrogen) atoms. The number of benzene rings is 1. The van der Waals surface area contributed by atoms with Gasteiger partial charge in [0.25, 0.3) is 0 Å². The van der Waals surface area contributed by atoms with Gasteiger partial charge in [-0.05, 0) is 50.0 Å². The van der Waals surface area contributed by atoms with Crippen LogP contribution in [-0.4, -0.2) is 22.6 Å². The zero-order chi connectivity index (χ0) is 11.0. The lowest BCUT2D eigenvalue weighted by Gasteiger charge is -2.09. The molecular formula is C13H17N3. The number of hydrogen-bond acceptors (Lipinski definition) is 2. The molecule has 3 nitrogen and oxygen atoms in total. The maximum Gasteiger partial charge on any atom is 0.0958 e. The first-order chi connectivity index (χ1) is 7.83. The van der Waals surface area contributed by atoms with E-state index in [0.717, 1.165) is 31.1 Å². The fraction of sp³-hybridized carbons (Fsp3) is 0.462. The van der Waals surface area contributed by atoms with Crippen LogP contribution in [-0.2, 0) is 6.54 Å². The number of rotatable bonds is 2. The lowest BCUT2D eigenvalue weighted by atomic mass is 10.1. The summed E-state index contributed by atoms with van der Waals surface area (Å²) < 4.78 is 2.28. The maximum atomic E-state index is 4.46. The van der Waals surface area contributed by atoms with E-state index in [9.17, 15) is 0 Å². The molecule has 1 aliphatic heterocycles. The molecule has 84 valence electrons. The summed E-state index contributed by atoms with van der Waals surface area (Å²) in [6, 6.07) is 6.49. The molecule has 1 N–H and O–H groups in total. The van der Waals surface area contributed by atoms with Crippen molar-refractivity contribution in [3.8, 4) is 0 Å². The molecule has 1 aromatic heterocycles. The third kappa shape index (κ3) is 1.71. The van der Waals surface area contributed by atoms with Crippen LogP contribution in [0, 0.1) is 12.8 Å². The van der Waals surface area contributed by atoms with Gasteiger partial charge in [-0.3, -0.25) is 0 Å². The van der Waals surface area contributed by atoms with Gasteiger partial charge < -0.3 is 9.88 Å². The summed E-state index contributed by atoms with van der Waals surface area (Å²) in [5.74, 6) is 0.763. The molecule has 2 aromatic rings. The van der Waals surface area contributed by atoms with E-state index >= 15 is 0 Å². The van der Waals surface area contributed by atoms with Crippen molar-refractivity contribution in [3.05, 3.63) is 30.1 Å². The van der Waals surface area contributed by atoms with E-state index in [2.05, 4.69) is 40.0 Å². The van der Waals surface area contributed by atoms with Gasteiger partial charge in [0.1, 0.15) is 0 Å². The molecule has 0 spiro atoms. The monoisotopic (exact) mass is 215 g/mol. The van der Waals surface area contributed by atoms with Crippen LogP contribution in [0.25, 0.3) is 11.0 Å². The molecule has 1 saturated heterocycles. The first-order valence-corrected chi connectivity index (χ1v) is 5.95. The van der Waals surface area contributed by atoms with Crippen LogP contribution in [0.4, 0.5) is 0 Å². The molecular weight excluding hydrogens is 198 g/mol. The van der Waals surface area contributed by atoms with Crippen molar-refractivity contribution in [2.75, 3.05) is 13.1 Å². The van der Waals surface area contributed by atoms with Crippen LogP contribution in [0.3, 0.4) is 0 Å². The quantitative estimate of drug-likeness (QED) is 0.830. The van der Waals surface area contributed by atoms with Gasteiger partial charge in [-0.25, -0.2) is 4.98 Å². The van der Waals surface area contributed by atoms with Gasteiger partial charge in [0.2, 0.25) is 0 Å². The molecule has 0 amide bonds. The van der Waals surface area contributed by atoms with E-state index < -0.39 is 0 Å². The van der Waals surface area contributed by atoms with Crippen LogP contribution >= 0.6 is 0 Å². The van der Waals surface area contributed by atoms with Crippen molar-refractivity contribution in [2.24, 2.45) is 5.92 Å². The lowest BCUT2D eigenvalue weighted by molar-refractivity contribution is 0.489. The number of nitrogens with zero attached hydrogens (tertiary/aromatic N) is 2. The third-order valence-electron chi connectivity index (χ3n) is 3.39. The predicted molar refractivity (Wildman–Crippen MR) is 65.4 cm³/mol. The van der Waals surface area contributed by atoms with Crippen molar-refractivity contribution >= 4 is 11.0 Å². The predicted octanol–water partition coefficient (Wildman–Crippen LogP) is 1.95. The molecule has 0 radical (unpaired) electrons. The van der Waals surface area contributed by atoms with E-state index in [1.54, 1.807) is 0 Å². The van der Waals surface area contributed by atoms with Gasteiger partial charge in [0, 0.05) is 6.54 Å². The Morgan fingerprint density at radius 3 is 3.25 bits per heavy atom. The molecule has 0 bridgehead atoms. The Morgan fingerprint density at radius 1 is 1.50 bits per heavy atom. The highest BCUT2D eigenvalue weighted by Crippen LogP contribution is 2.18. The van der Waals surface area contributed by atoms with E-state index in [-0.39, 0.29) is 0 Å². The highest BCUT2D eigenvalue weighted by Gasteiger charge is 2.15. The van der Waals surface area contributed by atoms with E-state index in [4.69, 9.17) is 0 Å². The SMILES string of the molecule is Cc1ccc2c(c1)ncn2CC1CCNC1. The summed E-state index contributed by atoms with van der Waals surface area (Å²) in [5.41, 5.74) is 3.66. The minimum absolute atomic E-state index is 0.763. The van der Waals surface area contributed by atoms with Crippen molar-refractivity contribution in [1.29, 1.82) is 0 Å². The summed E-state index contributed by atoms with van der Waals surface area (Å²) >= 11 is 0. The molecule has 1 aliphatic rings. The van der Waals surface area contributed by atoms with Crippen LogP contribution < -0.4 is 5.32 Å². The standard InChI is InChI=1S/C13H17N3/c1-10-2-3-13-12(6-10)15-9-16(13)8-11-4-5-14-7-11/h2-3,6,9,11,14H,4-5,7-8H2,1H3. The summed E-state index contributed by atoms with van der Waals surface area (Å²) in [7, 11) is 0. The van der Waals surface area contributed by atoms with E-state index in [0.29, 0.717) is 0 Å². The number of imidazole rings is 1. The fourth-order valence-electron chi connectivity index (χ4n) is 2.47. The van der Waals surface area contributed by atoms with Crippen LogP contribution in [0.2, 0.25) is 0 Å². The number of aryl methyl sites for hydroxylation is 1. The number of hydrogen-bond donors (Lipinski definition) is 1. The van der Waals surface area contributed by atoms with Crippen LogP contribution in [0.1, 0.15) is 12.0 Å². The second kappa shape index (κ2) is 3.91. The lowest BCUT2D eigenvalue weighted by Crippen LogP contribution is -2.13. The molecule has 2 heterocycles. The summed E-state index contributed by atoms with van der Waals surface area (Å²) in [6.07, 6.45) is 3.26. The molecule has 3 heteroatoms. The van der Waals surface area contributed by atoms with Crippen LogP contribution in [0.5, 0.6) is 0 Å². The van der Waals surface area contributed by atoms with Crippen LogP contribution in [0.15, 0.2) is 24.5 Å².